The van der Waals surface area contributed by atoms with Crippen LogP contribution in [0.4, 0.5) is 18.9 Å². The predicted molar refractivity (Wildman–Crippen MR) is 74.6 cm³/mol. The zero-order valence-corrected chi connectivity index (χ0v) is 12.2. The van der Waals surface area contributed by atoms with Crippen LogP contribution < -0.4 is 0 Å². The molecule has 1 aliphatic rings. The minimum absolute atomic E-state index is 0.0138. The highest BCUT2D eigenvalue weighted by Gasteiger charge is 2.36. The van der Waals surface area contributed by atoms with Crippen molar-refractivity contribution in [3.63, 3.8) is 0 Å². The first kappa shape index (κ1) is 16.2. The van der Waals surface area contributed by atoms with Crippen LogP contribution in [0.3, 0.4) is 0 Å². The Morgan fingerprint density at radius 3 is 2.54 bits per heavy atom. The van der Waals surface area contributed by atoms with Gasteiger partial charge in [-0.15, -0.1) is 0 Å². The molecule has 1 aromatic carbocycles. The lowest BCUT2D eigenvalue weighted by atomic mass is 9.81. The maximum Gasteiger partial charge on any atom is 0.416 e. The molecule has 9 heteroatoms. The van der Waals surface area contributed by atoms with Crippen molar-refractivity contribution in [2.75, 3.05) is 0 Å². The first-order chi connectivity index (χ1) is 11.3. The average Bonchev–Trinajstić information content (AvgIpc) is 2.92. The minimum atomic E-state index is -4.74. The SMILES string of the molecule is O=C(c1ccc(C(F)(F)F)cc1[N+](=O)[O-])c1cnoc1C1CCC1. The monoisotopic (exact) mass is 340 g/mol. The van der Waals surface area contributed by atoms with E-state index in [1.807, 2.05) is 0 Å². The van der Waals surface area contributed by atoms with Crippen molar-refractivity contribution in [2.45, 2.75) is 31.4 Å². The standard InChI is InChI=1S/C15H11F3N2O4/c16-15(17,18)9-4-5-10(12(6-9)20(22)23)13(21)11-7-19-24-14(11)8-2-1-3-8/h4-8H,1-3H2. The van der Waals surface area contributed by atoms with Crippen LogP contribution >= 0.6 is 0 Å². The number of ketones is 1. The Morgan fingerprint density at radius 2 is 2.00 bits per heavy atom. The molecular formula is C15H11F3N2O4. The van der Waals surface area contributed by atoms with Crippen LogP contribution in [0.25, 0.3) is 0 Å². The van der Waals surface area contributed by atoms with Crippen LogP contribution in [0, 0.1) is 10.1 Å². The fourth-order valence-electron chi connectivity index (χ4n) is 2.58. The van der Waals surface area contributed by atoms with E-state index in [-0.39, 0.29) is 11.5 Å². The van der Waals surface area contributed by atoms with E-state index in [1.54, 1.807) is 0 Å². The molecule has 0 N–H and O–H groups in total. The molecular weight excluding hydrogens is 329 g/mol. The van der Waals surface area contributed by atoms with Crippen molar-refractivity contribution in [2.24, 2.45) is 0 Å². The summed E-state index contributed by atoms with van der Waals surface area (Å²) in [7, 11) is 0. The average molecular weight is 340 g/mol. The van der Waals surface area contributed by atoms with E-state index in [4.69, 9.17) is 4.52 Å². The molecule has 1 heterocycles. The van der Waals surface area contributed by atoms with E-state index in [9.17, 15) is 28.1 Å². The lowest BCUT2D eigenvalue weighted by molar-refractivity contribution is -0.385. The van der Waals surface area contributed by atoms with Gasteiger partial charge in [0.1, 0.15) is 5.56 Å². The van der Waals surface area contributed by atoms with Gasteiger partial charge in [0, 0.05) is 12.0 Å². The summed E-state index contributed by atoms with van der Waals surface area (Å²) in [4.78, 5) is 22.7. The van der Waals surface area contributed by atoms with Crippen molar-refractivity contribution >= 4 is 11.5 Å². The maximum atomic E-state index is 12.7. The molecule has 1 aliphatic carbocycles. The van der Waals surface area contributed by atoms with Gasteiger partial charge in [-0.2, -0.15) is 13.2 Å². The quantitative estimate of drug-likeness (QED) is 0.475. The van der Waals surface area contributed by atoms with E-state index >= 15 is 0 Å². The third-order valence-corrected chi connectivity index (χ3v) is 4.09. The number of nitrogens with zero attached hydrogens (tertiary/aromatic N) is 2. The van der Waals surface area contributed by atoms with Crippen molar-refractivity contribution < 1.29 is 27.4 Å². The zero-order chi connectivity index (χ0) is 17.5. The Labute approximate surface area is 133 Å². The first-order valence-corrected chi connectivity index (χ1v) is 7.14. The molecule has 1 fully saturated rings. The summed E-state index contributed by atoms with van der Waals surface area (Å²) in [6.45, 7) is 0. The summed E-state index contributed by atoms with van der Waals surface area (Å²) in [5.74, 6) is -0.418. The van der Waals surface area contributed by atoms with Crippen LogP contribution in [-0.4, -0.2) is 15.9 Å². The fraction of sp³-hybridized carbons (Fsp3) is 0.333. The van der Waals surface area contributed by atoms with E-state index in [0.29, 0.717) is 17.9 Å². The number of alkyl halides is 3. The van der Waals surface area contributed by atoms with E-state index < -0.39 is 33.7 Å². The maximum absolute atomic E-state index is 12.7. The Hall–Kier alpha value is -2.71. The van der Waals surface area contributed by atoms with E-state index in [0.717, 1.165) is 31.5 Å². The van der Waals surface area contributed by atoms with Crippen molar-refractivity contribution in [3.05, 3.63) is 57.0 Å². The third-order valence-electron chi connectivity index (χ3n) is 4.09. The number of aromatic nitrogens is 1. The van der Waals surface area contributed by atoms with Gasteiger partial charge in [-0.05, 0) is 25.0 Å². The molecule has 2 aromatic rings. The van der Waals surface area contributed by atoms with Crippen LogP contribution in [-0.2, 0) is 6.18 Å². The molecule has 0 radical (unpaired) electrons. The topological polar surface area (TPSA) is 86.2 Å². The molecule has 1 aromatic heterocycles. The van der Waals surface area contributed by atoms with Gasteiger partial charge in [0.25, 0.3) is 5.69 Å². The molecule has 6 nitrogen and oxygen atoms in total. The predicted octanol–water partition coefficient (Wildman–Crippen LogP) is 4.10. The summed E-state index contributed by atoms with van der Waals surface area (Å²) in [6.07, 6.45) is -0.993. The van der Waals surface area contributed by atoms with Crippen LogP contribution in [0.15, 0.2) is 28.9 Å². The number of benzene rings is 1. The van der Waals surface area contributed by atoms with Crippen molar-refractivity contribution in [3.8, 4) is 0 Å². The number of carbonyl (C=O) groups excluding carboxylic acids is 1. The number of nitro groups is 1. The summed E-state index contributed by atoms with van der Waals surface area (Å²) in [5.41, 5.74) is -2.44. The number of halogens is 3. The largest absolute Gasteiger partial charge is 0.416 e. The Morgan fingerprint density at radius 1 is 1.29 bits per heavy atom. The van der Waals surface area contributed by atoms with Crippen LogP contribution in [0.2, 0.25) is 0 Å². The van der Waals surface area contributed by atoms with E-state index in [2.05, 4.69) is 5.16 Å². The number of carbonyl (C=O) groups is 1. The highest BCUT2D eigenvalue weighted by atomic mass is 19.4. The molecule has 0 bridgehead atoms. The van der Waals surface area contributed by atoms with Gasteiger partial charge < -0.3 is 4.52 Å². The number of nitro benzene ring substituents is 1. The molecule has 0 aliphatic heterocycles. The molecule has 3 rings (SSSR count). The highest BCUT2D eigenvalue weighted by Crippen LogP contribution is 2.39. The Kier molecular flexibility index (Phi) is 3.86. The summed E-state index contributed by atoms with van der Waals surface area (Å²) < 4.78 is 43.3. The lowest BCUT2D eigenvalue weighted by Gasteiger charge is -2.23. The fourth-order valence-corrected chi connectivity index (χ4v) is 2.58. The third kappa shape index (κ3) is 2.77. The molecule has 0 atom stereocenters. The Bertz CT molecular complexity index is 809. The van der Waals surface area contributed by atoms with Gasteiger partial charge >= 0.3 is 6.18 Å². The van der Waals surface area contributed by atoms with Crippen molar-refractivity contribution in [1.29, 1.82) is 0 Å². The second-order valence-electron chi connectivity index (χ2n) is 5.55. The highest BCUT2D eigenvalue weighted by molar-refractivity contribution is 6.12. The molecule has 0 spiro atoms. The van der Waals surface area contributed by atoms with E-state index in [1.165, 1.54) is 0 Å². The van der Waals surface area contributed by atoms with Crippen LogP contribution in [0.5, 0.6) is 0 Å². The van der Waals surface area contributed by atoms with Gasteiger partial charge in [0.2, 0.25) is 5.78 Å². The summed E-state index contributed by atoms with van der Waals surface area (Å²) in [6, 6.07) is 1.83. The second kappa shape index (κ2) is 5.73. The molecule has 0 unspecified atom stereocenters. The first-order valence-electron chi connectivity index (χ1n) is 7.14. The van der Waals surface area contributed by atoms with Gasteiger partial charge in [-0.25, -0.2) is 0 Å². The smallest absolute Gasteiger partial charge is 0.360 e. The number of hydrogen-bond donors (Lipinski definition) is 0. The second-order valence-corrected chi connectivity index (χ2v) is 5.55. The molecule has 0 amide bonds. The van der Waals surface area contributed by atoms with Crippen LogP contribution in [0.1, 0.15) is 52.4 Å². The molecule has 126 valence electrons. The summed E-state index contributed by atoms with van der Waals surface area (Å²) in [5, 5.41) is 14.7. The molecule has 24 heavy (non-hydrogen) atoms. The van der Waals surface area contributed by atoms with Gasteiger partial charge in [-0.1, -0.05) is 11.6 Å². The number of hydrogen-bond acceptors (Lipinski definition) is 5. The summed E-state index contributed by atoms with van der Waals surface area (Å²) >= 11 is 0. The van der Waals surface area contributed by atoms with Gasteiger partial charge in [0.15, 0.2) is 5.76 Å². The number of rotatable bonds is 4. The Balaban J connectivity index is 2.04. The normalized spacial score (nSPS) is 15.1. The molecule has 0 saturated heterocycles. The zero-order valence-electron chi connectivity index (χ0n) is 12.2. The van der Waals surface area contributed by atoms with Gasteiger partial charge in [-0.3, -0.25) is 14.9 Å². The lowest BCUT2D eigenvalue weighted by Crippen LogP contribution is -2.14. The van der Waals surface area contributed by atoms with Gasteiger partial charge in [0.05, 0.1) is 22.2 Å². The minimum Gasteiger partial charge on any atom is -0.360 e. The molecule has 1 saturated carbocycles. The van der Waals surface area contributed by atoms with Crippen molar-refractivity contribution in [1.82, 2.24) is 5.16 Å².